The van der Waals surface area contributed by atoms with Gasteiger partial charge in [0.15, 0.2) is 0 Å². The molecule has 10 heteroatoms. The third-order valence-corrected chi connectivity index (χ3v) is 6.38. The van der Waals surface area contributed by atoms with E-state index in [-0.39, 0.29) is 24.4 Å². The molecule has 1 amide bonds. The minimum absolute atomic E-state index is 0. The molecule has 1 aromatic carbocycles. The SMILES string of the molecule is COc1ccc(OCC2CC2)c(-c2ncnc3c(C(=O)N[C@@H]4CCNC[C@H]4O)c(C)[nH]c23)c1.Cl. The number of piperidine rings is 1. The highest BCUT2D eigenvalue weighted by molar-refractivity contribution is 6.09. The lowest BCUT2D eigenvalue weighted by Crippen LogP contribution is -2.52. The van der Waals surface area contributed by atoms with Crippen LogP contribution in [0.2, 0.25) is 0 Å². The van der Waals surface area contributed by atoms with Gasteiger partial charge in [-0.1, -0.05) is 0 Å². The highest BCUT2D eigenvalue weighted by Gasteiger charge is 2.28. The first-order valence-electron chi connectivity index (χ1n) is 11.4. The van der Waals surface area contributed by atoms with E-state index in [1.165, 1.54) is 19.2 Å². The standard InChI is InChI=1S/C24H29N5O4.ClH/c1-13-20(24(31)29-17-7-8-25-10-18(17)30)22-23(28-13)21(26-12-27-22)16-9-15(32-2)5-6-19(16)33-11-14-3-4-14;/h5-6,9,12,14,17-18,25,28,30H,3-4,7-8,10-11H2,1-2H3,(H,29,31);1H/t17-,18-;/m1./s1. The maximum absolute atomic E-state index is 13.2. The fourth-order valence-electron chi connectivity index (χ4n) is 4.29. The van der Waals surface area contributed by atoms with Crippen molar-refractivity contribution in [3.05, 3.63) is 35.8 Å². The van der Waals surface area contributed by atoms with Gasteiger partial charge in [-0.05, 0) is 56.8 Å². The Morgan fingerprint density at radius 3 is 2.82 bits per heavy atom. The third-order valence-electron chi connectivity index (χ3n) is 6.38. The van der Waals surface area contributed by atoms with Crippen LogP contribution < -0.4 is 20.1 Å². The van der Waals surface area contributed by atoms with Crippen molar-refractivity contribution in [3.63, 3.8) is 0 Å². The van der Waals surface area contributed by atoms with Gasteiger partial charge in [-0.2, -0.15) is 0 Å². The first-order valence-corrected chi connectivity index (χ1v) is 11.4. The molecule has 1 aliphatic carbocycles. The van der Waals surface area contributed by atoms with Crippen LogP contribution in [0.5, 0.6) is 11.5 Å². The lowest BCUT2D eigenvalue weighted by Gasteiger charge is -2.29. The molecule has 1 aliphatic heterocycles. The number of aliphatic hydroxyl groups excluding tert-OH is 1. The molecule has 1 saturated heterocycles. The molecule has 4 N–H and O–H groups in total. The Hall–Kier alpha value is -2.88. The number of rotatable bonds is 7. The number of benzene rings is 1. The van der Waals surface area contributed by atoms with E-state index in [4.69, 9.17) is 9.47 Å². The van der Waals surface area contributed by atoms with Gasteiger partial charge in [-0.3, -0.25) is 4.79 Å². The number of nitrogens with one attached hydrogen (secondary N) is 3. The summed E-state index contributed by atoms with van der Waals surface area (Å²) in [5.41, 5.74) is 3.78. The van der Waals surface area contributed by atoms with E-state index in [1.54, 1.807) is 7.11 Å². The molecule has 9 nitrogen and oxygen atoms in total. The molecule has 0 radical (unpaired) electrons. The predicted octanol–water partition coefficient (Wildman–Crippen LogP) is 2.61. The van der Waals surface area contributed by atoms with Crippen molar-refractivity contribution in [2.24, 2.45) is 5.92 Å². The lowest BCUT2D eigenvalue weighted by molar-refractivity contribution is 0.0766. The van der Waals surface area contributed by atoms with Gasteiger partial charge in [0.25, 0.3) is 5.91 Å². The number of nitrogens with zero attached hydrogens (tertiary/aromatic N) is 2. The summed E-state index contributed by atoms with van der Waals surface area (Å²) in [5.74, 6) is 1.76. The Morgan fingerprint density at radius 1 is 1.26 bits per heavy atom. The molecule has 0 unspecified atom stereocenters. The van der Waals surface area contributed by atoms with Crippen molar-refractivity contribution < 1.29 is 19.4 Å². The number of aromatic amines is 1. The van der Waals surface area contributed by atoms with Gasteiger partial charge in [-0.15, -0.1) is 12.4 Å². The van der Waals surface area contributed by atoms with Gasteiger partial charge in [0.2, 0.25) is 0 Å². The van der Waals surface area contributed by atoms with Crippen molar-refractivity contribution in [1.82, 2.24) is 25.6 Å². The number of methoxy groups -OCH3 is 1. The summed E-state index contributed by atoms with van der Waals surface area (Å²) in [4.78, 5) is 25.5. The fourth-order valence-corrected chi connectivity index (χ4v) is 4.29. The second-order valence-electron chi connectivity index (χ2n) is 8.83. The summed E-state index contributed by atoms with van der Waals surface area (Å²) >= 11 is 0. The number of ether oxygens (including phenoxy) is 2. The molecule has 34 heavy (non-hydrogen) atoms. The van der Waals surface area contributed by atoms with Crippen LogP contribution in [0.1, 0.15) is 35.3 Å². The molecule has 2 aromatic heterocycles. The van der Waals surface area contributed by atoms with Gasteiger partial charge in [0.1, 0.15) is 29.0 Å². The lowest BCUT2D eigenvalue weighted by atomic mass is 10.0. The van der Waals surface area contributed by atoms with E-state index in [9.17, 15) is 9.90 Å². The first-order chi connectivity index (χ1) is 16.0. The summed E-state index contributed by atoms with van der Waals surface area (Å²) in [6, 6.07) is 5.36. The van der Waals surface area contributed by atoms with Crippen LogP contribution in [-0.4, -0.2) is 64.9 Å². The van der Waals surface area contributed by atoms with Crippen LogP contribution in [-0.2, 0) is 0 Å². The molecule has 2 fully saturated rings. The summed E-state index contributed by atoms with van der Waals surface area (Å²) < 4.78 is 11.6. The van der Waals surface area contributed by atoms with Gasteiger partial charge in [0.05, 0.1) is 36.9 Å². The highest BCUT2D eigenvalue weighted by Crippen LogP contribution is 2.38. The first kappa shape index (κ1) is 24.3. The van der Waals surface area contributed by atoms with Gasteiger partial charge < -0.3 is 30.2 Å². The van der Waals surface area contributed by atoms with Crippen molar-refractivity contribution >= 4 is 29.3 Å². The van der Waals surface area contributed by atoms with E-state index in [0.717, 1.165) is 17.9 Å². The minimum atomic E-state index is -0.624. The molecule has 3 aromatic rings. The van der Waals surface area contributed by atoms with Crippen LogP contribution >= 0.6 is 12.4 Å². The van der Waals surface area contributed by atoms with Crippen LogP contribution in [0.25, 0.3) is 22.3 Å². The number of hydrogen-bond acceptors (Lipinski definition) is 7. The Balaban J connectivity index is 0.00000274. The topological polar surface area (TPSA) is 121 Å². The van der Waals surface area contributed by atoms with Crippen molar-refractivity contribution in [1.29, 1.82) is 0 Å². The van der Waals surface area contributed by atoms with Crippen molar-refractivity contribution in [2.45, 2.75) is 38.3 Å². The molecule has 1 saturated carbocycles. The summed E-state index contributed by atoms with van der Waals surface area (Å²) in [5, 5.41) is 16.3. The van der Waals surface area contributed by atoms with Crippen LogP contribution in [0.3, 0.4) is 0 Å². The number of halogens is 1. The normalized spacial score (nSPS) is 20.0. The summed E-state index contributed by atoms with van der Waals surface area (Å²) in [6.45, 7) is 3.73. The molecular weight excluding hydrogens is 458 g/mol. The number of H-pyrrole nitrogens is 1. The molecule has 3 heterocycles. The number of fused-ring (bicyclic) bond motifs is 1. The Labute approximate surface area is 204 Å². The Kier molecular flexibility index (Phi) is 7.25. The largest absolute Gasteiger partial charge is 0.497 e. The second-order valence-corrected chi connectivity index (χ2v) is 8.83. The number of carbonyl (C=O) groups is 1. The number of β-amino-alcohol motifs (C(OH)–C–C–N with tert-alkyl or cyclic N) is 1. The monoisotopic (exact) mass is 487 g/mol. The third kappa shape index (κ3) is 4.82. The van der Waals surface area contributed by atoms with Crippen LogP contribution in [0.4, 0.5) is 0 Å². The molecule has 182 valence electrons. The van der Waals surface area contributed by atoms with Gasteiger partial charge in [-0.25, -0.2) is 9.97 Å². The van der Waals surface area contributed by atoms with E-state index >= 15 is 0 Å². The molecule has 0 spiro atoms. The van der Waals surface area contributed by atoms with Gasteiger partial charge >= 0.3 is 0 Å². The minimum Gasteiger partial charge on any atom is -0.497 e. The predicted molar refractivity (Wildman–Crippen MR) is 131 cm³/mol. The number of carbonyl (C=O) groups excluding carboxylic acids is 1. The number of amides is 1. The highest BCUT2D eigenvalue weighted by atomic mass is 35.5. The smallest absolute Gasteiger partial charge is 0.255 e. The second kappa shape index (κ2) is 10.2. The number of aromatic nitrogens is 3. The van der Waals surface area contributed by atoms with Crippen LogP contribution in [0, 0.1) is 12.8 Å². The molecule has 0 bridgehead atoms. The van der Waals surface area contributed by atoms with E-state index in [1.807, 2.05) is 25.1 Å². The van der Waals surface area contributed by atoms with Crippen molar-refractivity contribution in [2.75, 3.05) is 26.8 Å². The zero-order valence-electron chi connectivity index (χ0n) is 19.3. The van der Waals surface area contributed by atoms with E-state index < -0.39 is 6.10 Å². The Bertz CT molecular complexity index is 1180. The molecular formula is C24H30ClN5O4. The summed E-state index contributed by atoms with van der Waals surface area (Å²) in [7, 11) is 1.62. The van der Waals surface area contributed by atoms with E-state index in [2.05, 4.69) is 25.6 Å². The molecule has 2 aliphatic rings. The summed E-state index contributed by atoms with van der Waals surface area (Å²) in [6.07, 6.45) is 3.90. The van der Waals surface area contributed by atoms with Gasteiger partial charge in [0, 0.05) is 17.8 Å². The quantitative estimate of drug-likeness (QED) is 0.404. The van der Waals surface area contributed by atoms with E-state index in [0.29, 0.717) is 59.2 Å². The Morgan fingerprint density at radius 2 is 2.09 bits per heavy atom. The maximum atomic E-state index is 13.2. The zero-order chi connectivity index (χ0) is 22.9. The van der Waals surface area contributed by atoms with Crippen molar-refractivity contribution in [3.8, 4) is 22.8 Å². The maximum Gasteiger partial charge on any atom is 0.255 e. The average Bonchev–Trinajstić information content (AvgIpc) is 3.58. The number of aliphatic hydroxyl groups is 1. The molecule has 2 atom stereocenters. The number of aryl methyl sites for hydroxylation is 1. The number of hydrogen-bond donors (Lipinski definition) is 4. The molecule has 5 rings (SSSR count). The fraction of sp³-hybridized carbons (Fsp3) is 0.458. The zero-order valence-corrected chi connectivity index (χ0v) is 20.1. The van der Waals surface area contributed by atoms with Crippen LogP contribution in [0.15, 0.2) is 24.5 Å². The average molecular weight is 488 g/mol.